The Morgan fingerprint density at radius 1 is 0.960 bits per heavy atom. The van der Waals surface area contributed by atoms with E-state index in [0.717, 1.165) is 17.1 Å². The van der Waals surface area contributed by atoms with Crippen molar-refractivity contribution in [3.63, 3.8) is 0 Å². The summed E-state index contributed by atoms with van der Waals surface area (Å²) in [6.07, 6.45) is 3.87. The number of nitrogen functional groups attached to an aromatic ring is 2. The highest BCUT2D eigenvalue weighted by atomic mass is 16.3. The van der Waals surface area contributed by atoms with E-state index in [4.69, 9.17) is 11.5 Å². The maximum absolute atomic E-state index is 10.1. The van der Waals surface area contributed by atoms with Crippen LogP contribution in [0, 0.1) is 0 Å². The van der Waals surface area contributed by atoms with Gasteiger partial charge in [-0.3, -0.25) is 0 Å². The summed E-state index contributed by atoms with van der Waals surface area (Å²) in [5.74, 6) is 0.0856. The van der Waals surface area contributed by atoms with Gasteiger partial charge in [-0.15, -0.1) is 0 Å². The molecule has 2 rings (SSSR count). The largest absolute Gasteiger partial charge is 0.506 e. The van der Waals surface area contributed by atoms with Gasteiger partial charge in [-0.25, -0.2) is 0 Å². The summed E-state index contributed by atoms with van der Waals surface area (Å²) in [6.45, 7) is 3.89. The van der Waals surface area contributed by atoms with Crippen molar-refractivity contribution in [2.24, 2.45) is 0 Å². The van der Waals surface area contributed by atoms with E-state index in [-0.39, 0.29) is 5.75 Å². The number of anilines is 5. The number of phenols is 1. The van der Waals surface area contributed by atoms with Gasteiger partial charge in [0.1, 0.15) is 5.75 Å². The fourth-order valence-corrected chi connectivity index (χ4v) is 2.12. The molecule has 0 aliphatic heterocycles. The number of benzene rings is 2. The molecule has 6 heteroatoms. The van der Waals surface area contributed by atoms with Crippen LogP contribution in [0.5, 0.6) is 5.75 Å². The first-order valence-electron chi connectivity index (χ1n) is 7.94. The van der Waals surface area contributed by atoms with Crippen LogP contribution in [0.1, 0.15) is 13.8 Å². The Labute approximate surface area is 148 Å². The van der Waals surface area contributed by atoms with E-state index >= 15 is 0 Å². The molecule has 0 spiro atoms. The lowest BCUT2D eigenvalue weighted by molar-refractivity contribution is 0.478. The van der Waals surface area contributed by atoms with Crippen molar-refractivity contribution in [2.75, 3.05) is 29.1 Å². The number of hydrogen-bond acceptors (Lipinski definition) is 6. The molecule has 0 atom stereocenters. The van der Waals surface area contributed by atoms with E-state index in [9.17, 15) is 5.11 Å². The van der Waals surface area contributed by atoms with Crippen LogP contribution in [-0.2, 0) is 0 Å². The molecular formula is C19H25N5O. The summed E-state index contributed by atoms with van der Waals surface area (Å²) in [5, 5.41) is 19.6. The van der Waals surface area contributed by atoms with Crippen LogP contribution in [0.15, 0.2) is 59.9 Å². The molecule has 0 fully saturated rings. The van der Waals surface area contributed by atoms with Crippen LogP contribution >= 0.6 is 0 Å². The molecule has 6 nitrogen and oxygen atoms in total. The van der Waals surface area contributed by atoms with Crippen molar-refractivity contribution in [2.45, 2.75) is 13.8 Å². The molecule has 0 aliphatic rings. The second-order valence-corrected chi connectivity index (χ2v) is 5.78. The highest BCUT2D eigenvalue weighted by molar-refractivity contribution is 5.80. The van der Waals surface area contributed by atoms with E-state index in [1.54, 1.807) is 18.2 Å². The first-order chi connectivity index (χ1) is 11.9. The molecule has 0 aromatic heterocycles. The summed E-state index contributed by atoms with van der Waals surface area (Å²) >= 11 is 0. The third kappa shape index (κ3) is 5.10. The van der Waals surface area contributed by atoms with Crippen molar-refractivity contribution < 1.29 is 5.11 Å². The predicted octanol–water partition coefficient (Wildman–Crippen LogP) is 3.74. The Morgan fingerprint density at radius 3 is 2.24 bits per heavy atom. The molecule has 0 heterocycles. The molecule has 2 aromatic rings. The first-order valence-corrected chi connectivity index (χ1v) is 7.94. The number of nitrogens with one attached hydrogen (secondary N) is 3. The van der Waals surface area contributed by atoms with Crippen molar-refractivity contribution >= 4 is 28.4 Å². The zero-order valence-electron chi connectivity index (χ0n) is 14.7. The van der Waals surface area contributed by atoms with Gasteiger partial charge in [-0.05, 0) is 56.3 Å². The van der Waals surface area contributed by atoms with E-state index in [2.05, 4.69) is 16.0 Å². The van der Waals surface area contributed by atoms with Crippen LogP contribution in [0.4, 0.5) is 28.4 Å². The lowest BCUT2D eigenvalue weighted by Gasteiger charge is -2.15. The Bertz CT molecular complexity index is 794. The summed E-state index contributed by atoms with van der Waals surface area (Å²) in [7, 11) is 1.86. The zero-order valence-corrected chi connectivity index (χ0v) is 14.7. The van der Waals surface area contributed by atoms with E-state index < -0.39 is 0 Å². The standard InChI is InChI=1S/C19H25N5O/c1-12(22-3)4-5-13(2)23-18-11-17(16(21)10-19(18)25)24-15-8-6-14(20)7-9-15/h4-11,22-25H,20-21H2,1-3H3/b12-4+,13-5+. The van der Waals surface area contributed by atoms with Crippen molar-refractivity contribution in [1.29, 1.82) is 0 Å². The maximum Gasteiger partial charge on any atom is 0.141 e. The lowest BCUT2D eigenvalue weighted by atomic mass is 10.2. The number of allylic oxidation sites excluding steroid dienone is 4. The van der Waals surface area contributed by atoms with Gasteiger partial charge in [-0.1, -0.05) is 0 Å². The number of hydrogen-bond donors (Lipinski definition) is 6. The van der Waals surface area contributed by atoms with Gasteiger partial charge < -0.3 is 32.5 Å². The van der Waals surface area contributed by atoms with E-state index in [1.807, 2.05) is 45.2 Å². The number of nitrogens with two attached hydrogens (primary N) is 2. The third-order valence-corrected chi connectivity index (χ3v) is 3.67. The second-order valence-electron chi connectivity index (χ2n) is 5.78. The smallest absolute Gasteiger partial charge is 0.141 e. The minimum atomic E-state index is 0.0856. The summed E-state index contributed by atoms with van der Waals surface area (Å²) in [5.41, 5.74) is 16.9. The van der Waals surface area contributed by atoms with E-state index in [1.165, 1.54) is 6.07 Å². The van der Waals surface area contributed by atoms with E-state index in [0.29, 0.717) is 22.7 Å². The Balaban J connectivity index is 2.23. The SMILES string of the molecule is CN/C(C)=C/C=C(\C)Nc1cc(Nc2ccc(N)cc2)c(N)cc1O. The van der Waals surface area contributed by atoms with Crippen molar-refractivity contribution in [3.8, 4) is 5.75 Å². The quantitative estimate of drug-likeness (QED) is 0.207. The number of aromatic hydroxyl groups is 1. The van der Waals surface area contributed by atoms with Gasteiger partial charge in [0.15, 0.2) is 0 Å². The molecule has 0 unspecified atom stereocenters. The Morgan fingerprint density at radius 2 is 1.60 bits per heavy atom. The van der Waals surface area contributed by atoms with Gasteiger partial charge in [0.25, 0.3) is 0 Å². The van der Waals surface area contributed by atoms with Gasteiger partial charge >= 0.3 is 0 Å². The first kappa shape index (κ1) is 18.1. The molecule has 0 aliphatic carbocycles. The topological polar surface area (TPSA) is 108 Å². The Kier molecular flexibility index (Phi) is 5.79. The molecule has 25 heavy (non-hydrogen) atoms. The average molecular weight is 339 g/mol. The van der Waals surface area contributed by atoms with Crippen LogP contribution in [0.3, 0.4) is 0 Å². The van der Waals surface area contributed by atoms with Crippen LogP contribution in [0.25, 0.3) is 0 Å². The lowest BCUT2D eigenvalue weighted by Crippen LogP contribution is -2.02. The van der Waals surface area contributed by atoms with Gasteiger partial charge in [-0.2, -0.15) is 0 Å². The molecule has 0 amide bonds. The van der Waals surface area contributed by atoms with Gasteiger partial charge in [0.2, 0.25) is 0 Å². The molecule has 0 saturated carbocycles. The highest BCUT2D eigenvalue weighted by Crippen LogP contribution is 2.34. The highest BCUT2D eigenvalue weighted by Gasteiger charge is 2.08. The second kappa shape index (κ2) is 8.01. The molecule has 0 radical (unpaired) electrons. The molecule has 8 N–H and O–H groups in total. The van der Waals surface area contributed by atoms with Crippen LogP contribution < -0.4 is 27.4 Å². The average Bonchev–Trinajstić information content (AvgIpc) is 2.58. The summed E-state index contributed by atoms with van der Waals surface area (Å²) in [4.78, 5) is 0. The van der Waals surface area contributed by atoms with Gasteiger partial charge in [0, 0.05) is 35.9 Å². The summed E-state index contributed by atoms with van der Waals surface area (Å²) in [6, 6.07) is 10.6. The maximum atomic E-state index is 10.1. The molecule has 2 aromatic carbocycles. The molecular weight excluding hydrogens is 314 g/mol. The summed E-state index contributed by atoms with van der Waals surface area (Å²) < 4.78 is 0. The fraction of sp³-hybridized carbons (Fsp3) is 0.158. The number of phenolic OH excluding ortho intramolecular Hbond substituents is 1. The molecule has 0 bridgehead atoms. The minimum Gasteiger partial charge on any atom is -0.506 e. The minimum absolute atomic E-state index is 0.0856. The van der Waals surface area contributed by atoms with Crippen molar-refractivity contribution in [3.05, 3.63) is 59.9 Å². The van der Waals surface area contributed by atoms with Crippen molar-refractivity contribution in [1.82, 2.24) is 5.32 Å². The Hall–Kier alpha value is -3.28. The predicted molar refractivity (Wildman–Crippen MR) is 107 cm³/mol. The molecule has 0 saturated heterocycles. The molecule has 132 valence electrons. The number of rotatable bonds is 6. The van der Waals surface area contributed by atoms with Crippen LogP contribution in [-0.4, -0.2) is 12.2 Å². The normalized spacial score (nSPS) is 12.0. The zero-order chi connectivity index (χ0) is 18.4. The third-order valence-electron chi connectivity index (χ3n) is 3.67. The van der Waals surface area contributed by atoms with Crippen LogP contribution in [0.2, 0.25) is 0 Å². The monoisotopic (exact) mass is 339 g/mol. The fourth-order valence-electron chi connectivity index (χ4n) is 2.12. The van der Waals surface area contributed by atoms with Gasteiger partial charge in [0.05, 0.1) is 17.1 Å².